The quantitative estimate of drug-likeness (QED) is 0.613. The average molecular weight is 361 g/mol. The number of carbonyl (C=O) groups is 1. The monoisotopic (exact) mass is 360 g/mol. The fourth-order valence-corrected chi connectivity index (χ4v) is 3.22. The predicted molar refractivity (Wildman–Crippen MR) is 77.7 cm³/mol. The van der Waals surface area contributed by atoms with E-state index in [1.807, 2.05) is 6.07 Å². The fraction of sp³-hybridized carbons (Fsp3) is 0.385. The number of thioether (sulfide) groups is 1. The lowest BCUT2D eigenvalue weighted by Crippen LogP contribution is -2.37. The molecule has 0 atom stereocenters. The summed E-state index contributed by atoms with van der Waals surface area (Å²) in [6.45, 7) is 0.411. The van der Waals surface area contributed by atoms with Crippen molar-refractivity contribution in [3.05, 3.63) is 27.7 Å². The zero-order valence-corrected chi connectivity index (χ0v) is 12.9. The molecule has 0 aromatic heterocycles. The first kappa shape index (κ1) is 15.3. The summed E-state index contributed by atoms with van der Waals surface area (Å²) >= 11 is 4.29. The lowest BCUT2D eigenvalue weighted by Gasteiger charge is -2.30. The van der Waals surface area contributed by atoms with Gasteiger partial charge in [-0.3, -0.25) is 4.79 Å². The van der Waals surface area contributed by atoms with Gasteiger partial charge in [0.05, 0.1) is 27.7 Å². The Balaban J connectivity index is 2.31. The molecule has 1 aromatic rings. The van der Waals surface area contributed by atoms with Gasteiger partial charge in [-0.05, 0) is 34.3 Å². The summed E-state index contributed by atoms with van der Waals surface area (Å²) in [4.78, 5) is 13.5. The number of anilines is 1. The van der Waals surface area contributed by atoms with Crippen molar-refractivity contribution in [3.8, 4) is 6.07 Å². The largest absolute Gasteiger partial charge is 0.309 e. The van der Waals surface area contributed by atoms with E-state index in [2.05, 4.69) is 15.9 Å². The number of nitriles is 1. The summed E-state index contributed by atoms with van der Waals surface area (Å²) in [6.07, 6.45) is 1.18. The van der Waals surface area contributed by atoms with Gasteiger partial charge in [-0.2, -0.15) is 5.26 Å². The highest BCUT2D eigenvalue weighted by atomic mass is 79.9. The standard InChI is InChI=1S/C13H11BrF2N2OS/c14-12-8-2-1-4-18(11(19)7-20-5-3-17)13(8)10(16)6-9(12)15/h6H,1-2,4-5,7H2. The first-order chi connectivity index (χ1) is 9.56. The van der Waals surface area contributed by atoms with Crippen molar-refractivity contribution in [2.75, 3.05) is 23.0 Å². The Morgan fingerprint density at radius 2 is 2.25 bits per heavy atom. The number of carbonyl (C=O) groups excluding carboxylic acids is 1. The lowest BCUT2D eigenvalue weighted by atomic mass is 10.0. The molecule has 0 spiro atoms. The molecular formula is C13H11BrF2N2OS. The molecule has 106 valence electrons. The van der Waals surface area contributed by atoms with Gasteiger partial charge in [0, 0.05) is 12.6 Å². The third-order valence-electron chi connectivity index (χ3n) is 3.01. The summed E-state index contributed by atoms with van der Waals surface area (Å²) in [5.41, 5.74) is 0.652. The van der Waals surface area contributed by atoms with Crippen molar-refractivity contribution in [3.63, 3.8) is 0 Å². The van der Waals surface area contributed by atoms with Gasteiger partial charge in [0.2, 0.25) is 5.91 Å². The molecule has 3 nitrogen and oxygen atoms in total. The third kappa shape index (κ3) is 2.96. The Morgan fingerprint density at radius 3 is 2.95 bits per heavy atom. The van der Waals surface area contributed by atoms with Crippen LogP contribution in [-0.2, 0) is 11.2 Å². The maximum atomic E-state index is 14.0. The van der Waals surface area contributed by atoms with Gasteiger partial charge in [0.1, 0.15) is 11.6 Å². The molecule has 1 aliphatic heterocycles. The van der Waals surface area contributed by atoms with Gasteiger partial charge in [-0.15, -0.1) is 11.8 Å². The van der Waals surface area contributed by atoms with Gasteiger partial charge < -0.3 is 4.90 Å². The molecule has 0 aliphatic carbocycles. The molecular weight excluding hydrogens is 350 g/mol. The number of fused-ring (bicyclic) bond motifs is 1. The van der Waals surface area contributed by atoms with Crippen LogP contribution in [0, 0.1) is 23.0 Å². The molecule has 0 saturated carbocycles. The van der Waals surface area contributed by atoms with Crippen molar-refractivity contribution < 1.29 is 13.6 Å². The van der Waals surface area contributed by atoms with Crippen LogP contribution in [0.25, 0.3) is 0 Å². The van der Waals surface area contributed by atoms with Crippen LogP contribution < -0.4 is 4.90 Å². The van der Waals surface area contributed by atoms with E-state index in [9.17, 15) is 13.6 Å². The van der Waals surface area contributed by atoms with Crippen LogP contribution in [0.15, 0.2) is 10.5 Å². The highest BCUT2D eigenvalue weighted by molar-refractivity contribution is 9.10. The smallest absolute Gasteiger partial charge is 0.237 e. The van der Waals surface area contributed by atoms with E-state index >= 15 is 0 Å². The van der Waals surface area contributed by atoms with Crippen LogP contribution >= 0.6 is 27.7 Å². The normalized spacial score (nSPS) is 13.8. The Morgan fingerprint density at radius 1 is 1.50 bits per heavy atom. The minimum atomic E-state index is -0.723. The molecule has 2 rings (SSSR count). The molecule has 20 heavy (non-hydrogen) atoms. The molecule has 0 bridgehead atoms. The molecule has 0 saturated heterocycles. The number of rotatable bonds is 3. The van der Waals surface area contributed by atoms with Crippen LogP contribution in [0.2, 0.25) is 0 Å². The van der Waals surface area contributed by atoms with Crippen molar-refractivity contribution >= 4 is 39.3 Å². The molecule has 0 N–H and O–H groups in total. The molecule has 1 aromatic carbocycles. The average Bonchev–Trinajstić information content (AvgIpc) is 2.44. The Kier molecular flexibility index (Phi) is 5.00. The topological polar surface area (TPSA) is 44.1 Å². The van der Waals surface area contributed by atoms with Crippen LogP contribution in [0.3, 0.4) is 0 Å². The van der Waals surface area contributed by atoms with E-state index in [-0.39, 0.29) is 27.6 Å². The third-order valence-corrected chi connectivity index (χ3v) is 4.65. The van der Waals surface area contributed by atoms with E-state index in [0.29, 0.717) is 24.9 Å². The predicted octanol–water partition coefficient (Wildman–Crippen LogP) is 3.26. The number of benzene rings is 1. The van der Waals surface area contributed by atoms with Crippen molar-refractivity contribution in [1.29, 1.82) is 5.26 Å². The molecule has 0 unspecified atom stereocenters. The molecule has 1 heterocycles. The number of amides is 1. The zero-order chi connectivity index (χ0) is 14.7. The maximum Gasteiger partial charge on any atom is 0.237 e. The van der Waals surface area contributed by atoms with Gasteiger partial charge in [-0.25, -0.2) is 8.78 Å². The first-order valence-corrected chi connectivity index (χ1v) is 7.92. The van der Waals surface area contributed by atoms with E-state index in [4.69, 9.17) is 5.26 Å². The Hall–Kier alpha value is -1.13. The van der Waals surface area contributed by atoms with E-state index < -0.39 is 11.6 Å². The second-order valence-electron chi connectivity index (χ2n) is 4.28. The van der Waals surface area contributed by atoms with Crippen LogP contribution in [0.5, 0.6) is 0 Å². The highest BCUT2D eigenvalue weighted by Gasteiger charge is 2.28. The second kappa shape index (κ2) is 6.55. The fourth-order valence-electron chi connectivity index (χ4n) is 2.19. The van der Waals surface area contributed by atoms with Gasteiger partial charge in [0.15, 0.2) is 0 Å². The van der Waals surface area contributed by atoms with Crippen molar-refractivity contribution in [1.82, 2.24) is 0 Å². The minimum Gasteiger partial charge on any atom is -0.309 e. The van der Waals surface area contributed by atoms with E-state index in [1.165, 1.54) is 16.7 Å². The second-order valence-corrected chi connectivity index (χ2v) is 6.06. The van der Waals surface area contributed by atoms with E-state index in [0.717, 1.165) is 6.07 Å². The highest BCUT2D eigenvalue weighted by Crippen LogP contribution is 2.37. The number of halogens is 3. The maximum absolute atomic E-state index is 14.0. The molecule has 0 fully saturated rings. The van der Waals surface area contributed by atoms with Crippen LogP contribution in [0.4, 0.5) is 14.5 Å². The van der Waals surface area contributed by atoms with Crippen LogP contribution in [-0.4, -0.2) is 24.0 Å². The van der Waals surface area contributed by atoms with E-state index in [1.54, 1.807) is 0 Å². The van der Waals surface area contributed by atoms with Gasteiger partial charge >= 0.3 is 0 Å². The van der Waals surface area contributed by atoms with Crippen LogP contribution in [0.1, 0.15) is 12.0 Å². The Labute approximate surface area is 128 Å². The summed E-state index contributed by atoms with van der Waals surface area (Å²) in [5.74, 6) is -1.32. The van der Waals surface area contributed by atoms with Crippen molar-refractivity contribution in [2.24, 2.45) is 0 Å². The molecule has 1 amide bonds. The molecule has 0 radical (unpaired) electrons. The summed E-state index contributed by atoms with van der Waals surface area (Å²) < 4.78 is 27.7. The molecule has 1 aliphatic rings. The number of hydrogen-bond donors (Lipinski definition) is 0. The first-order valence-electron chi connectivity index (χ1n) is 5.97. The summed E-state index contributed by atoms with van der Waals surface area (Å²) in [6, 6.07) is 2.72. The minimum absolute atomic E-state index is 0.113. The zero-order valence-electron chi connectivity index (χ0n) is 10.5. The number of hydrogen-bond acceptors (Lipinski definition) is 3. The SMILES string of the molecule is N#CCSCC(=O)N1CCCc2c(Br)c(F)cc(F)c21. The Bertz CT molecular complexity index is 589. The van der Waals surface area contributed by atoms with Gasteiger partial charge in [-0.1, -0.05) is 0 Å². The van der Waals surface area contributed by atoms with Crippen molar-refractivity contribution in [2.45, 2.75) is 12.8 Å². The number of nitrogens with zero attached hydrogens (tertiary/aromatic N) is 2. The van der Waals surface area contributed by atoms with Gasteiger partial charge in [0.25, 0.3) is 0 Å². The lowest BCUT2D eigenvalue weighted by molar-refractivity contribution is -0.116. The molecule has 7 heteroatoms. The summed E-state index contributed by atoms with van der Waals surface area (Å²) in [7, 11) is 0. The summed E-state index contributed by atoms with van der Waals surface area (Å²) in [5, 5.41) is 8.45.